The van der Waals surface area contributed by atoms with Gasteiger partial charge in [-0.25, -0.2) is 0 Å². The third kappa shape index (κ3) is 7.02. The highest BCUT2D eigenvalue weighted by atomic mass is 15.1. The van der Waals surface area contributed by atoms with Gasteiger partial charge in [0, 0.05) is 18.8 Å². The van der Waals surface area contributed by atoms with Crippen LogP contribution in [0, 0.1) is 11.8 Å². The number of aryl methyl sites for hydroxylation is 1. The highest BCUT2D eigenvalue weighted by Gasteiger charge is 2.08. The van der Waals surface area contributed by atoms with Gasteiger partial charge in [0.15, 0.2) is 0 Å². The summed E-state index contributed by atoms with van der Waals surface area (Å²) in [6.45, 7) is 13.8. The normalized spacial score (nSPS) is 12.7. The molecule has 1 aromatic rings. The van der Waals surface area contributed by atoms with Crippen LogP contribution in [0.15, 0.2) is 24.3 Å². The first-order valence-electron chi connectivity index (χ1n) is 8.90. The van der Waals surface area contributed by atoms with Crippen molar-refractivity contribution in [2.75, 3.05) is 18.0 Å². The number of anilines is 1. The molecule has 0 aliphatic rings. The Morgan fingerprint density at radius 3 is 2.10 bits per heavy atom. The lowest BCUT2D eigenvalue weighted by Gasteiger charge is -2.25. The van der Waals surface area contributed by atoms with Gasteiger partial charge in [0.05, 0.1) is 0 Å². The van der Waals surface area contributed by atoms with Crippen molar-refractivity contribution in [3.05, 3.63) is 29.8 Å². The lowest BCUT2D eigenvalue weighted by molar-refractivity contribution is 0.428. The lowest BCUT2D eigenvalue weighted by Crippen LogP contribution is -2.25. The standard InChI is InChI=1S/C20H35N/c1-6-8-19-11-13-20(14-12-19)21(7-2)16-15-18(5)10-9-17(3)4/h11-14,17-18H,6-10,15-16H2,1-5H3. The molecular weight excluding hydrogens is 254 g/mol. The van der Waals surface area contributed by atoms with Gasteiger partial charge >= 0.3 is 0 Å². The van der Waals surface area contributed by atoms with E-state index in [1.54, 1.807) is 0 Å². The lowest BCUT2D eigenvalue weighted by atomic mass is 9.96. The monoisotopic (exact) mass is 289 g/mol. The van der Waals surface area contributed by atoms with Crippen molar-refractivity contribution in [3.8, 4) is 0 Å². The van der Waals surface area contributed by atoms with E-state index in [4.69, 9.17) is 0 Å². The van der Waals surface area contributed by atoms with Gasteiger partial charge in [0.25, 0.3) is 0 Å². The molecule has 0 spiro atoms. The van der Waals surface area contributed by atoms with Crippen LogP contribution in [0.5, 0.6) is 0 Å². The van der Waals surface area contributed by atoms with Gasteiger partial charge in [-0.3, -0.25) is 0 Å². The minimum Gasteiger partial charge on any atom is -0.372 e. The van der Waals surface area contributed by atoms with Crippen LogP contribution < -0.4 is 4.90 Å². The first-order valence-corrected chi connectivity index (χ1v) is 8.90. The summed E-state index contributed by atoms with van der Waals surface area (Å²) in [5, 5.41) is 0. The van der Waals surface area contributed by atoms with E-state index in [1.165, 1.54) is 49.9 Å². The van der Waals surface area contributed by atoms with Crippen molar-refractivity contribution >= 4 is 5.69 Å². The van der Waals surface area contributed by atoms with E-state index < -0.39 is 0 Å². The molecule has 0 saturated carbocycles. The average molecular weight is 290 g/mol. The quantitative estimate of drug-likeness (QED) is 0.516. The molecular formula is C20H35N. The molecule has 1 heteroatoms. The molecule has 1 aromatic carbocycles. The fourth-order valence-electron chi connectivity index (χ4n) is 2.77. The Morgan fingerprint density at radius 2 is 1.57 bits per heavy atom. The molecule has 0 aliphatic heterocycles. The van der Waals surface area contributed by atoms with Gasteiger partial charge in [0.2, 0.25) is 0 Å². The first-order chi connectivity index (χ1) is 10.1. The van der Waals surface area contributed by atoms with Crippen LogP contribution in [0.25, 0.3) is 0 Å². The molecule has 0 heterocycles. The summed E-state index contributed by atoms with van der Waals surface area (Å²) in [6.07, 6.45) is 6.45. The second kappa shape index (κ2) is 9.87. The van der Waals surface area contributed by atoms with Crippen LogP contribution in [0.3, 0.4) is 0 Å². The van der Waals surface area contributed by atoms with Gasteiger partial charge in [-0.1, -0.05) is 59.1 Å². The maximum Gasteiger partial charge on any atom is 0.0366 e. The highest BCUT2D eigenvalue weighted by Crippen LogP contribution is 2.20. The summed E-state index contributed by atoms with van der Waals surface area (Å²) >= 11 is 0. The topological polar surface area (TPSA) is 3.24 Å². The van der Waals surface area contributed by atoms with Crippen LogP contribution in [0.1, 0.15) is 65.9 Å². The Morgan fingerprint density at radius 1 is 0.905 bits per heavy atom. The van der Waals surface area contributed by atoms with E-state index in [1.807, 2.05) is 0 Å². The fraction of sp³-hybridized carbons (Fsp3) is 0.700. The van der Waals surface area contributed by atoms with Gasteiger partial charge in [-0.2, -0.15) is 0 Å². The molecule has 0 radical (unpaired) electrons. The molecule has 1 unspecified atom stereocenters. The fourth-order valence-corrected chi connectivity index (χ4v) is 2.77. The summed E-state index contributed by atoms with van der Waals surface area (Å²) < 4.78 is 0. The van der Waals surface area contributed by atoms with Crippen molar-refractivity contribution in [2.45, 2.75) is 66.7 Å². The van der Waals surface area contributed by atoms with Crippen LogP contribution in [0.4, 0.5) is 5.69 Å². The van der Waals surface area contributed by atoms with Crippen LogP contribution in [-0.2, 0) is 6.42 Å². The maximum absolute atomic E-state index is 2.52. The third-order valence-electron chi connectivity index (χ3n) is 4.35. The Hall–Kier alpha value is -0.980. The average Bonchev–Trinajstić information content (AvgIpc) is 2.47. The van der Waals surface area contributed by atoms with E-state index in [-0.39, 0.29) is 0 Å². The Balaban J connectivity index is 2.46. The summed E-state index contributed by atoms with van der Waals surface area (Å²) in [5.74, 6) is 1.67. The number of rotatable bonds is 10. The van der Waals surface area contributed by atoms with Crippen LogP contribution in [0.2, 0.25) is 0 Å². The molecule has 0 saturated heterocycles. The number of benzene rings is 1. The number of hydrogen-bond donors (Lipinski definition) is 0. The Kier molecular flexibility index (Phi) is 8.49. The first kappa shape index (κ1) is 18.1. The van der Waals surface area contributed by atoms with Gasteiger partial charge < -0.3 is 4.90 Å². The van der Waals surface area contributed by atoms with E-state index >= 15 is 0 Å². The van der Waals surface area contributed by atoms with Crippen molar-refractivity contribution in [2.24, 2.45) is 11.8 Å². The van der Waals surface area contributed by atoms with Crippen molar-refractivity contribution < 1.29 is 0 Å². The molecule has 1 nitrogen and oxygen atoms in total. The Labute approximate surface area is 132 Å². The smallest absolute Gasteiger partial charge is 0.0366 e. The molecule has 21 heavy (non-hydrogen) atoms. The molecule has 120 valence electrons. The zero-order chi connectivity index (χ0) is 15.7. The van der Waals surface area contributed by atoms with E-state index in [0.717, 1.165) is 18.4 Å². The van der Waals surface area contributed by atoms with Crippen molar-refractivity contribution in [3.63, 3.8) is 0 Å². The third-order valence-corrected chi connectivity index (χ3v) is 4.35. The van der Waals surface area contributed by atoms with Gasteiger partial charge in [0.1, 0.15) is 0 Å². The predicted molar refractivity (Wildman–Crippen MR) is 96.2 cm³/mol. The molecule has 1 rings (SSSR count). The summed E-state index contributed by atoms with van der Waals surface area (Å²) in [7, 11) is 0. The molecule has 0 amide bonds. The number of nitrogens with zero attached hydrogens (tertiary/aromatic N) is 1. The van der Waals surface area contributed by atoms with E-state index in [0.29, 0.717) is 0 Å². The predicted octanol–water partition coefficient (Wildman–Crippen LogP) is 5.93. The van der Waals surface area contributed by atoms with Crippen molar-refractivity contribution in [1.82, 2.24) is 0 Å². The molecule has 0 fully saturated rings. The van der Waals surface area contributed by atoms with Crippen LogP contribution in [-0.4, -0.2) is 13.1 Å². The largest absolute Gasteiger partial charge is 0.372 e. The van der Waals surface area contributed by atoms with Crippen molar-refractivity contribution in [1.29, 1.82) is 0 Å². The minimum absolute atomic E-state index is 0.834. The van der Waals surface area contributed by atoms with E-state index in [9.17, 15) is 0 Å². The summed E-state index contributed by atoms with van der Waals surface area (Å²) in [6, 6.07) is 9.19. The molecule has 1 atom stereocenters. The molecule has 0 aromatic heterocycles. The minimum atomic E-state index is 0.834. The zero-order valence-electron chi connectivity index (χ0n) is 14.9. The molecule has 0 bridgehead atoms. The molecule has 0 aliphatic carbocycles. The second-order valence-corrected chi connectivity index (χ2v) is 6.86. The Bertz CT molecular complexity index is 366. The SMILES string of the molecule is CCCc1ccc(N(CC)CCC(C)CCC(C)C)cc1. The highest BCUT2D eigenvalue weighted by molar-refractivity contribution is 5.47. The molecule has 0 N–H and O–H groups in total. The van der Waals surface area contributed by atoms with Gasteiger partial charge in [-0.15, -0.1) is 0 Å². The van der Waals surface area contributed by atoms with Crippen LogP contribution >= 0.6 is 0 Å². The summed E-state index contributed by atoms with van der Waals surface area (Å²) in [4.78, 5) is 2.52. The second-order valence-electron chi connectivity index (χ2n) is 6.86. The maximum atomic E-state index is 2.52. The zero-order valence-corrected chi connectivity index (χ0v) is 14.9. The van der Waals surface area contributed by atoms with Gasteiger partial charge in [-0.05, 0) is 49.3 Å². The summed E-state index contributed by atoms with van der Waals surface area (Å²) in [5.41, 5.74) is 2.84. The van der Waals surface area contributed by atoms with E-state index in [2.05, 4.69) is 63.8 Å². The number of hydrogen-bond acceptors (Lipinski definition) is 1.